The first-order chi connectivity index (χ1) is 9.51. The van der Waals surface area contributed by atoms with Crippen LogP contribution in [0.25, 0.3) is 0 Å². The second-order valence-electron chi connectivity index (χ2n) is 4.89. The van der Waals surface area contributed by atoms with Crippen molar-refractivity contribution >= 4 is 29.0 Å². The minimum atomic E-state index is -0.698. The monoisotopic (exact) mass is 293 g/mol. The third-order valence-electron chi connectivity index (χ3n) is 3.34. The fourth-order valence-corrected chi connectivity index (χ4v) is 2.47. The quantitative estimate of drug-likeness (QED) is 0.687. The Morgan fingerprint density at radius 1 is 1.35 bits per heavy atom. The summed E-state index contributed by atoms with van der Waals surface area (Å²) in [6.45, 7) is 1.87. The lowest BCUT2D eigenvalue weighted by atomic mass is 9.82. The average molecular weight is 294 g/mol. The van der Waals surface area contributed by atoms with Crippen LogP contribution >= 0.6 is 11.6 Å². The predicted octanol–water partition coefficient (Wildman–Crippen LogP) is 3.03. The number of halogens is 1. The normalized spacial score (nSPS) is 22.1. The second-order valence-corrected chi connectivity index (χ2v) is 5.32. The van der Waals surface area contributed by atoms with Crippen LogP contribution in [0.3, 0.4) is 0 Å². The van der Waals surface area contributed by atoms with Gasteiger partial charge in [-0.3, -0.25) is 9.59 Å². The van der Waals surface area contributed by atoms with Crippen molar-refractivity contribution in [1.82, 2.24) is 0 Å². The molecule has 1 aromatic rings. The van der Waals surface area contributed by atoms with Crippen LogP contribution in [0.5, 0.6) is 0 Å². The lowest BCUT2D eigenvalue weighted by Crippen LogP contribution is -2.34. The van der Waals surface area contributed by atoms with Gasteiger partial charge in [-0.25, -0.2) is 0 Å². The number of rotatable bonds is 3. The fraction of sp³-hybridized carbons (Fsp3) is 0.333. The number of esters is 1. The van der Waals surface area contributed by atoms with Crippen LogP contribution in [-0.2, 0) is 14.3 Å². The maximum atomic E-state index is 12.0. The Kier molecular flexibility index (Phi) is 4.45. The first-order valence-corrected chi connectivity index (χ1v) is 6.74. The average Bonchev–Trinajstić information content (AvgIpc) is 2.40. The van der Waals surface area contributed by atoms with Gasteiger partial charge in [0.2, 0.25) is 0 Å². The van der Waals surface area contributed by atoms with Crippen molar-refractivity contribution in [3.63, 3.8) is 0 Å². The van der Waals surface area contributed by atoms with Gasteiger partial charge in [0, 0.05) is 22.5 Å². The van der Waals surface area contributed by atoms with Gasteiger partial charge < -0.3 is 10.1 Å². The second kappa shape index (κ2) is 6.09. The first-order valence-electron chi connectivity index (χ1n) is 6.36. The number of allylic oxidation sites excluding steroid dienone is 2. The van der Waals surface area contributed by atoms with Gasteiger partial charge in [0.1, 0.15) is 5.92 Å². The highest BCUT2D eigenvalue weighted by Crippen LogP contribution is 2.29. The maximum Gasteiger partial charge on any atom is 0.316 e. The summed E-state index contributed by atoms with van der Waals surface area (Å²) in [5.74, 6) is -1.47. The van der Waals surface area contributed by atoms with Crippen molar-refractivity contribution in [2.75, 3.05) is 12.4 Å². The van der Waals surface area contributed by atoms with E-state index in [2.05, 4.69) is 10.1 Å². The Morgan fingerprint density at radius 3 is 2.55 bits per heavy atom. The van der Waals surface area contributed by atoms with Crippen molar-refractivity contribution in [1.29, 1.82) is 0 Å². The van der Waals surface area contributed by atoms with E-state index in [0.717, 1.165) is 11.4 Å². The van der Waals surface area contributed by atoms with Crippen LogP contribution in [-0.4, -0.2) is 18.9 Å². The molecule has 0 heterocycles. The van der Waals surface area contributed by atoms with Gasteiger partial charge in [-0.05, 0) is 36.6 Å². The number of ketones is 1. The lowest BCUT2D eigenvalue weighted by molar-refractivity contribution is -0.150. The number of hydrogen-bond acceptors (Lipinski definition) is 4. The summed E-state index contributed by atoms with van der Waals surface area (Å²) < 4.78 is 4.67. The number of anilines is 1. The molecular weight excluding hydrogens is 278 g/mol. The molecule has 1 N–H and O–H groups in total. The zero-order valence-corrected chi connectivity index (χ0v) is 12.1. The van der Waals surface area contributed by atoms with Gasteiger partial charge >= 0.3 is 5.97 Å². The highest BCUT2D eigenvalue weighted by atomic mass is 35.5. The molecule has 1 aliphatic carbocycles. The smallest absolute Gasteiger partial charge is 0.316 e. The molecule has 0 saturated heterocycles. The Bertz CT molecular complexity index is 551. The number of benzene rings is 1. The van der Waals surface area contributed by atoms with Crippen LogP contribution < -0.4 is 5.32 Å². The fourth-order valence-electron chi connectivity index (χ4n) is 2.35. The molecule has 4 nitrogen and oxygen atoms in total. The molecule has 5 heteroatoms. The zero-order valence-electron chi connectivity index (χ0n) is 11.4. The molecule has 0 bridgehead atoms. The van der Waals surface area contributed by atoms with E-state index in [1.807, 2.05) is 19.1 Å². The number of carbonyl (C=O) groups excluding carboxylic acids is 2. The van der Waals surface area contributed by atoms with Crippen LogP contribution in [0.1, 0.15) is 13.3 Å². The molecule has 0 saturated carbocycles. The Labute approximate surface area is 122 Å². The summed E-state index contributed by atoms with van der Waals surface area (Å²) >= 11 is 5.82. The summed E-state index contributed by atoms with van der Waals surface area (Å²) in [4.78, 5) is 23.6. The van der Waals surface area contributed by atoms with Gasteiger partial charge in [-0.15, -0.1) is 0 Å². The molecule has 0 spiro atoms. The van der Waals surface area contributed by atoms with Crippen LogP contribution in [0.4, 0.5) is 5.69 Å². The summed E-state index contributed by atoms with van der Waals surface area (Å²) in [6.07, 6.45) is 2.10. The van der Waals surface area contributed by atoms with E-state index in [4.69, 9.17) is 11.6 Å². The molecule has 2 rings (SSSR count). The van der Waals surface area contributed by atoms with E-state index in [-0.39, 0.29) is 11.7 Å². The van der Waals surface area contributed by atoms with Crippen LogP contribution in [0.2, 0.25) is 5.02 Å². The molecule has 2 atom stereocenters. The summed E-state index contributed by atoms with van der Waals surface area (Å²) in [5.41, 5.74) is 1.65. The SMILES string of the molecule is COC(=O)[C@@H]1C(=O)C=C(Nc2ccc(Cl)cc2)C[C@H]1C. The van der Waals surface area contributed by atoms with Gasteiger partial charge in [0.15, 0.2) is 5.78 Å². The van der Waals surface area contributed by atoms with E-state index in [0.29, 0.717) is 11.4 Å². The number of ether oxygens (including phenoxy) is 1. The largest absolute Gasteiger partial charge is 0.468 e. The summed E-state index contributed by atoms with van der Waals surface area (Å²) in [6, 6.07) is 7.22. The van der Waals surface area contributed by atoms with Crippen molar-refractivity contribution in [3.8, 4) is 0 Å². The molecule has 20 heavy (non-hydrogen) atoms. The van der Waals surface area contributed by atoms with Crippen molar-refractivity contribution < 1.29 is 14.3 Å². The zero-order chi connectivity index (χ0) is 14.7. The molecule has 0 aliphatic heterocycles. The Morgan fingerprint density at radius 2 is 2.00 bits per heavy atom. The van der Waals surface area contributed by atoms with Crippen LogP contribution in [0.15, 0.2) is 36.0 Å². The number of hydrogen-bond donors (Lipinski definition) is 1. The highest BCUT2D eigenvalue weighted by molar-refractivity contribution is 6.30. The van der Waals surface area contributed by atoms with Crippen molar-refractivity contribution in [2.45, 2.75) is 13.3 Å². The number of methoxy groups -OCH3 is 1. The van der Waals surface area contributed by atoms with E-state index in [9.17, 15) is 9.59 Å². The van der Waals surface area contributed by atoms with Gasteiger partial charge in [0.05, 0.1) is 7.11 Å². The minimum absolute atomic E-state index is 0.0882. The highest BCUT2D eigenvalue weighted by Gasteiger charge is 2.35. The van der Waals surface area contributed by atoms with E-state index in [1.165, 1.54) is 13.2 Å². The molecule has 106 valence electrons. The summed E-state index contributed by atoms with van der Waals surface area (Å²) in [7, 11) is 1.30. The molecule has 0 fully saturated rings. The number of carbonyl (C=O) groups is 2. The topological polar surface area (TPSA) is 55.4 Å². The van der Waals surface area contributed by atoms with Crippen molar-refractivity contribution in [2.24, 2.45) is 11.8 Å². The Balaban J connectivity index is 2.13. The maximum absolute atomic E-state index is 12.0. The first kappa shape index (κ1) is 14.6. The van der Waals surface area contributed by atoms with E-state index < -0.39 is 11.9 Å². The third kappa shape index (κ3) is 3.20. The number of nitrogens with one attached hydrogen (secondary N) is 1. The molecule has 0 unspecified atom stereocenters. The molecule has 0 amide bonds. The minimum Gasteiger partial charge on any atom is -0.468 e. The summed E-state index contributed by atoms with van der Waals surface area (Å²) in [5, 5.41) is 3.83. The van der Waals surface area contributed by atoms with E-state index >= 15 is 0 Å². The molecule has 0 radical (unpaired) electrons. The van der Waals surface area contributed by atoms with Gasteiger partial charge in [-0.2, -0.15) is 0 Å². The molecule has 1 aromatic carbocycles. The predicted molar refractivity (Wildman–Crippen MR) is 77.5 cm³/mol. The Hall–Kier alpha value is -1.81. The molecule has 0 aromatic heterocycles. The lowest BCUT2D eigenvalue weighted by Gasteiger charge is -2.26. The van der Waals surface area contributed by atoms with Gasteiger partial charge in [0.25, 0.3) is 0 Å². The van der Waals surface area contributed by atoms with Gasteiger partial charge in [-0.1, -0.05) is 18.5 Å². The van der Waals surface area contributed by atoms with Crippen LogP contribution in [0, 0.1) is 11.8 Å². The van der Waals surface area contributed by atoms with E-state index in [1.54, 1.807) is 12.1 Å². The standard InChI is InChI=1S/C15H16ClNO3/c1-9-7-12(8-13(18)14(9)15(19)20-2)17-11-5-3-10(16)4-6-11/h3-6,8-9,14,17H,7H2,1-2H3/t9-,14+/m1/s1. The molecular formula is C15H16ClNO3. The third-order valence-corrected chi connectivity index (χ3v) is 3.59. The molecule has 1 aliphatic rings. The van der Waals surface area contributed by atoms with Crippen molar-refractivity contribution in [3.05, 3.63) is 41.1 Å².